The first-order valence-electron chi connectivity index (χ1n) is 10.8. The Morgan fingerprint density at radius 3 is 2.15 bits per heavy atom. The summed E-state index contributed by atoms with van der Waals surface area (Å²) in [5.41, 5.74) is 8.51. The van der Waals surface area contributed by atoms with E-state index >= 15 is 0 Å². The van der Waals surface area contributed by atoms with Crippen LogP contribution in [-0.4, -0.2) is 29.9 Å². The summed E-state index contributed by atoms with van der Waals surface area (Å²) in [5, 5.41) is 13.8. The second-order valence-corrected chi connectivity index (χ2v) is 7.21. The Morgan fingerprint density at radius 1 is 1.00 bits per heavy atom. The second-order valence-electron chi connectivity index (χ2n) is 7.21. The summed E-state index contributed by atoms with van der Waals surface area (Å²) >= 11 is 0. The number of carbonyl (C=O) groups excluding carboxylic acids is 1. The Labute approximate surface area is 193 Å². The van der Waals surface area contributed by atoms with E-state index in [1.165, 1.54) is 0 Å². The van der Waals surface area contributed by atoms with E-state index in [9.17, 15) is 4.79 Å². The van der Waals surface area contributed by atoms with Gasteiger partial charge in [0.1, 0.15) is 11.9 Å². The van der Waals surface area contributed by atoms with Gasteiger partial charge in [0.15, 0.2) is 0 Å². The summed E-state index contributed by atoms with van der Waals surface area (Å²) in [6, 6.07) is 19.4. The molecule has 3 rings (SSSR count). The number of amides is 1. The topological polar surface area (TPSA) is 122 Å². The molecule has 1 atom stereocenters. The lowest BCUT2D eigenvalue weighted by Crippen LogP contribution is -2.33. The zero-order chi connectivity index (χ0) is 23.6. The number of aromatic nitrogens is 1. The molecule has 5 N–H and O–H groups in total. The van der Waals surface area contributed by atoms with Crippen LogP contribution in [0.3, 0.4) is 0 Å². The van der Waals surface area contributed by atoms with Crippen molar-refractivity contribution in [1.29, 1.82) is 5.41 Å². The number of amidine groups is 1. The van der Waals surface area contributed by atoms with E-state index in [1.807, 2.05) is 44.2 Å². The Morgan fingerprint density at radius 2 is 1.61 bits per heavy atom. The van der Waals surface area contributed by atoms with E-state index in [0.717, 1.165) is 5.56 Å². The van der Waals surface area contributed by atoms with E-state index in [2.05, 4.69) is 15.6 Å². The third kappa shape index (κ3) is 6.70. The largest absolute Gasteiger partial charge is 0.478 e. The summed E-state index contributed by atoms with van der Waals surface area (Å²) in [7, 11) is 0. The maximum Gasteiger partial charge on any atom is 0.247 e. The zero-order valence-electron chi connectivity index (χ0n) is 18.8. The molecule has 0 saturated heterocycles. The van der Waals surface area contributed by atoms with Crippen molar-refractivity contribution in [2.24, 2.45) is 5.73 Å². The molecule has 0 saturated carbocycles. The lowest BCUT2D eigenvalue weighted by atomic mass is 10.1. The number of carbonyl (C=O) groups is 1. The van der Waals surface area contributed by atoms with Crippen LogP contribution in [0.5, 0.6) is 11.8 Å². The fraction of sp³-hybridized carbons (Fsp3) is 0.240. The Kier molecular flexibility index (Phi) is 8.24. The van der Waals surface area contributed by atoms with E-state index < -0.39 is 6.04 Å². The van der Waals surface area contributed by atoms with Gasteiger partial charge in [0.25, 0.3) is 0 Å². The molecular formula is C25H29N5O3. The minimum absolute atomic E-state index is 0.0180. The number of nitrogen functional groups attached to an aromatic ring is 1. The Hall–Kier alpha value is -4.07. The summed E-state index contributed by atoms with van der Waals surface area (Å²) in [4.78, 5) is 17.6. The third-order valence-corrected chi connectivity index (χ3v) is 4.80. The van der Waals surface area contributed by atoms with E-state index in [-0.39, 0.29) is 11.7 Å². The number of rotatable bonds is 11. The molecule has 3 aromatic rings. The van der Waals surface area contributed by atoms with Gasteiger partial charge in [0.2, 0.25) is 17.7 Å². The highest BCUT2D eigenvalue weighted by Crippen LogP contribution is 2.27. The van der Waals surface area contributed by atoms with E-state index in [0.29, 0.717) is 48.3 Å². The third-order valence-electron chi connectivity index (χ3n) is 4.80. The van der Waals surface area contributed by atoms with Crippen LogP contribution in [0.4, 0.5) is 5.69 Å². The molecule has 1 aromatic heterocycles. The zero-order valence-corrected chi connectivity index (χ0v) is 18.8. The molecule has 0 radical (unpaired) electrons. The first-order valence-corrected chi connectivity index (χ1v) is 10.8. The average molecular weight is 448 g/mol. The minimum atomic E-state index is -0.738. The highest BCUT2D eigenvalue weighted by molar-refractivity contribution is 5.95. The first kappa shape index (κ1) is 23.6. The van der Waals surface area contributed by atoms with Gasteiger partial charge in [-0.15, -0.1) is 0 Å². The molecule has 0 bridgehead atoms. The monoisotopic (exact) mass is 447 g/mol. The predicted octanol–water partition coefficient (Wildman–Crippen LogP) is 3.63. The van der Waals surface area contributed by atoms with Gasteiger partial charge < -0.3 is 25.8 Å². The fourth-order valence-electron chi connectivity index (χ4n) is 3.21. The van der Waals surface area contributed by atoms with Crippen molar-refractivity contribution < 1.29 is 14.3 Å². The smallest absolute Gasteiger partial charge is 0.247 e. The molecule has 0 unspecified atom stereocenters. The number of nitrogens with one attached hydrogen (secondary N) is 3. The molecule has 1 heterocycles. The number of pyridine rings is 1. The molecule has 0 aliphatic rings. The second kappa shape index (κ2) is 11.5. The Bertz CT molecular complexity index is 1050. The molecule has 0 fully saturated rings. The van der Waals surface area contributed by atoms with Gasteiger partial charge in [0.05, 0.1) is 13.2 Å². The number of hydrogen-bond donors (Lipinski definition) is 4. The van der Waals surface area contributed by atoms with Gasteiger partial charge >= 0.3 is 0 Å². The number of nitrogens with two attached hydrogens (primary N) is 1. The Balaban J connectivity index is 1.91. The average Bonchev–Trinajstić information content (AvgIpc) is 2.82. The molecule has 8 heteroatoms. The molecular weight excluding hydrogens is 418 g/mol. The van der Waals surface area contributed by atoms with Crippen LogP contribution in [0.15, 0.2) is 66.7 Å². The van der Waals surface area contributed by atoms with Gasteiger partial charge in [-0.1, -0.05) is 30.3 Å². The van der Waals surface area contributed by atoms with Crippen molar-refractivity contribution in [3.63, 3.8) is 0 Å². The van der Waals surface area contributed by atoms with Crippen molar-refractivity contribution in [3.05, 3.63) is 83.4 Å². The number of nitrogens with zero attached hydrogens (tertiary/aromatic N) is 1. The number of ether oxygens (including phenoxy) is 2. The fourth-order valence-corrected chi connectivity index (χ4v) is 3.21. The summed E-state index contributed by atoms with van der Waals surface area (Å²) in [6.07, 6.45) is 0. The van der Waals surface area contributed by atoms with Gasteiger partial charge in [-0.05, 0) is 49.2 Å². The van der Waals surface area contributed by atoms with Crippen LogP contribution in [0.25, 0.3) is 0 Å². The quantitative estimate of drug-likeness (QED) is 0.263. The van der Waals surface area contributed by atoms with Gasteiger partial charge in [0, 0.05) is 29.9 Å². The van der Waals surface area contributed by atoms with E-state index in [1.54, 1.807) is 36.4 Å². The van der Waals surface area contributed by atoms with Crippen LogP contribution in [0.2, 0.25) is 0 Å². The van der Waals surface area contributed by atoms with E-state index in [4.69, 9.17) is 20.6 Å². The van der Waals surface area contributed by atoms with Gasteiger partial charge in [-0.2, -0.15) is 4.98 Å². The molecule has 2 aromatic carbocycles. The number of hydrogen-bond acceptors (Lipinski definition) is 6. The summed E-state index contributed by atoms with van der Waals surface area (Å²) in [6.45, 7) is 5.00. The first-order chi connectivity index (χ1) is 16.0. The highest BCUT2D eigenvalue weighted by atomic mass is 16.5. The SMILES string of the molecule is CCOc1cc([C@H](Nc2ccc(C(=N)N)cc2)C(=O)NCc2ccccc2)cc(OCC)n1. The minimum Gasteiger partial charge on any atom is -0.478 e. The van der Waals surface area contributed by atoms with Gasteiger partial charge in [-0.25, -0.2) is 0 Å². The van der Waals surface area contributed by atoms with Gasteiger partial charge in [-0.3, -0.25) is 10.2 Å². The molecule has 0 aliphatic heterocycles. The molecule has 33 heavy (non-hydrogen) atoms. The molecule has 0 spiro atoms. The highest BCUT2D eigenvalue weighted by Gasteiger charge is 2.23. The standard InChI is InChI=1S/C25H29N5O3/c1-3-32-21-14-19(15-22(30-21)33-4-2)23(25(31)28-16-17-8-6-5-7-9-17)29-20-12-10-18(11-13-20)24(26)27/h5-15,23,29H,3-4,16H2,1-2H3,(H3,26,27)(H,28,31)/t23-/m0/s1. The summed E-state index contributed by atoms with van der Waals surface area (Å²) < 4.78 is 11.2. The summed E-state index contributed by atoms with van der Waals surface area (Å²) in [5.74, 6) is 0.530. The van der Waals surface area contributed by atoms with Crippen molar-refractivity contribution in [1.82, 2.24) is 10.3 Å². The van der Waals surface area contributed by atoms with Crippen LogP contribution < -0.4 is 25.8 Å². The normalized spacial score (nSPS) is 11.3. The van der Waals surface area contributed by atoms with Crippen LogP contribution in [-0.2, 0) is 11.3 Å². The molecule has 172 valence electrons. The van der Waals surface area contributed by atoms with Crippen LogP contribution >= 0.6 is 0 Å². The van der Waals surface area contributed by atoms with Crippen molar-refractivity contribution in [2.75, 3.05) is 18.5 Å². The maximum absolute atomic E-state index is 13.3. The predicted molar refractivity (Wildman–Crippen MR) is 129 cm³/mol. The van der Waals surface area contributed by atoms with Crippen molar-refractivity contribution in [2.45, 2.75) is 26.4 Å². The lowest BCUT2D eigenvalue weighted by Gasteiger charge is -2.21. The van der Waals surface area contributed by atoms with Crippen LogP contribution in [0, 0.1) is 5.41 Å². The molecule has 0 aliphatic carbocycles. The molecule has 8 nitrogen and oxygen atoms in total. The molecule has 1 amide bonds. The number of benzene rings is 2. The number of anilines is 1. The lowest BCUT2D eigenvalue weighted by molar-refractivity contribution is -0.122. The van der Waals surface area contributed by atoms with Crippen molar-refractivity contribution in [3.8, 4) is 11.8 Å². The van der Waals surface area contributed by atoms with Crippen molar-refractivity contribution >= 4 is 17.4 Å². The van der Waals surface area contributed by atoms with Crippen LogP contribution in [0.1, 0.15) is 36.6 Å². The maximum atomic E-state index is 13.3.